The molecule has 2 aliphatic heterocycles. The molecule has 2 aliphatic rings. The van der Waals surface area contributed by atoms with E-state index in [4.69, 9.17) is 4.42 Å². The first kappa shape index (κ1) is 37.3. The predicted molar refractivity (Wildman–Crippen MR) is 266 cm³/mol. The van der Waals surface area contributed by atoms with Crippen molar-refractivity contribution in [2.45, 2.75) is 78.6 Å². The molecule has 4 heterocycles. The summed E-state index contributed by atoms with van der Waals surface area (Å²) in [6.07, 6.45) is 0. The number of aromatic nitrogens is 1. The zero-order valence-electron chi connectivity index (χ0n) is 37.2. The average Bonchev–Trinajstić information content (AvgIpc) is 3.80. The second-order valence-electron chi connectivity index (χ2n) is 21.0. The first-order valence-corrected chi connectivity index (χ1v) is 22.3. The summed E-state index contributed by atoms with van der Waals surface area (Å²) in [6.45, 7) is 20.9. The second-order valence-corrected chi connectivity index (χ2v) is 21.0. The van der Waals surface area contributed by atoms with Gasteiger partial charge in [0.25, 0.3) is 0 Å². The van der Waals surface area contributed by atoms with Crippen molar-refractivity contribution in [2.24, 2.45) is 0 Å². The Morgan fingerprint density at radius 3 is 1.89 bits per heavy atom. The zero-order chi connectivity index (χ0) is 42.6. The largest absolute Gasteiger partial charge is 0.456 e. The van der Waals surface area contributed by atoms with Gasteiger partial charge in [0.05, 0.1) is 16.8 Å². The molecule has 0 saturated heterocycles. The molecule has 3 nitrogen and oxygen atoms in total. The van der Waals surface area contributed by atoms with Crippen LogP contribution in [0.15, 0.2) is 150 Å². The van der Waals surface area contributed by atoms with Gasteiger partial charge in [-0.3, -0.25) is 0 Å². The number of nitrogens with zero attached hydrogens (tertiary/aromatic N) is 2. The lowest BCUT2D eigenvalue weighted by Gasteiger charge is -2.42. The monoisotopic (exact) mass is 802 g/mol. The second kappa shape index (κ2) is 12.5. The maximum absolute atomic E-state index is 6.77. The fraction of sp³-hybridized carbons (Fsp3) is 0.207. The van der Waals surface area contributed by atoms with Crippen molar-refractivity contribution in [2.75, 3.05) is 4.90 Å². The molecule has 62 heavy (non-hydrogen) atoms. The van der Waals surface area contributed by atoms with Gasteiger partial charge in [0.15, 0.2) is 0 Å². The molecule has 0 atom stereocenters. The van der Waals surface area contributed by atoms with Crippen molar-refractivity contribution in [3.63, 3.8) is 0 Å². The van der Waals surface area contributed by atoms with Crippen LogP contribution in [0.4, 0.5) is 17.1 Å². The minimum Gasteiger partial charge on any atom is -0.456 e. The van der Waals surface area contributed by atoms with Crippen LogP contribution in [0.1, 0.15) is 79.0 Å². The molecule has 2 aromatic heterocycles. The van der Waals surface area contributed by atoms with E-state index < -0.39 is 0 Å². The third-order valence-corrected chi connectivity index (χ3v) is 14.0. The van der Waals surface area contributed by atoms with Gasteiger partial charge in [0.1, 0.15) is 11.2 Å². The summed E-state index contributed by atoms with van der Waals surface area (Å²) in [4.78, 5) is 2.62. The highest BCUT2D eigenvalue weighted by atomic mass is 16.3. The van der Waals surface area contributed by atoms with E-state index in [9.17, 15) is 0 Å². The molecule has 0 spiro atoms. The van der Waals surface area contributed by atoms with Crippen molar-refractivity contribution in [1.82, 2.24) is 4.48 Å². The minimum absolute atomic E-state index is 0.00444. The summed E-state index contributed by atoms with van der Waals surface area (Å²) >= 11 is 0. The van der Waals surface area contributed by atoms with Gasteiger partial charge in [-0.05, 0) is 120 Å². The smallest absolute Gasteiger partial charge is 0.333 e. The molecular formula is C58H51BN2O. The third-order valence-electron chi connectivity index (χ3n) is 14.0. The summed E-state index contributed by atoms with van der Waals surface area (Å²) < 4.78 is 9.48. The maximum Gasteiger partial charge on any atom is 0.333 e. The Morgan fingerprint density at radius 2 is 1.13 bits per heavy atom. The standard InChI is InChI=1S/C58H51BN2O/c1-56(2,3)36-23-26-46(41(30-36)34-17-11-10-12-18-34)60-48-29-35-19-13-14-20-39(35)51-44-33-38(58(7,8)9)32-43-42-31-37(57(4,5)6)24-27-47(42)61(54(43)44)59(53(48)51)45-25-28-50-52(55(45)60)40-21-15-16-22-49(40)62-50/h10-33H,1-9H3. The maximum atomic E-state index is 6.77. The van der Waals surface area contributed by atoms with E-state index in [-0.39, 0.29) is 23.1 Å². The van der Waals surface area contributed by atoms with Gasteiger partial charge in [0.2, 0.25) is 0 Å². The van der Waals surface area contributed by atoms with Crippen LogP contribution < -0.4 is 15.8 Å². The number of benzene rings is 8. The van der Waals surface area contributed by atoms with E-state index in [0.29, 0.717) is 0 Å². The Morgan fingerprint density at radius 1 is 0.484 bits per heavy atom. The van der Waals surface area contributed by atoms with E-state index >= 15 is 0 Å². The van der Waals surface area contributed by atoms with Crippen LogP contribution in [-0.2, 0) is 16.2 Å². The molecular weight excluding hydrogens is 751 g/mol. The number of anilines is 3. The molecule has 0 aliphatic carbocycles. The van der Waals surface area contributed by atoms with Crippen LogP contribution in [-0.4, -0.2) is 11.3 Å². The van der Waals surface area contributed by atoms with Gasteiger partial charge in [-0.25, -0.2) is 0 Å². The van der Waals surface area contributed by atoms with Crippen LogP contribution in [0.3, 0.4) is 0 Å². The van der Waals surface area contributed by atoms with Gasteiger partial charge in [-0.15, -0.1) is 0 Å². The third kappa shape index (κ3) is 5.19. The zero-order valence-corrected chi connectivity index (χ0v) is 37.2. The lowest BCUT2D eigenvalue weighted by molar-refractivity contribution is 0.590. The molecule has 0 saturated carbocycles. The minimum atomic E-state index is -0.101. The molecule has 0 fully saturated rings. The summed E-state index contributed by atoms with van der Waals surface area (Å²) in [7, 11) is 0. The molecule has 0 bridgehead atoms. The number of furan rings is 1. The molecule has 4 heteroatoms. The van der Waals surface area contributed by atoms with E-state index in [1.165, 1.54) is 93.8 Å². The van der Waals surface area contributed by atoms with Gasteiger partial charge in [-0.1, -0.05) is 153 Å². The highest BCUT2D eigenvalue weighted by Gasteiger charge is 2.45. The summed E-state index contributed by atoms with van der Waals surface area (Å²) in [5, 5.41) is 7.45. The quantitative estimate of drug-likeness (QED) is 0.162. The van der Waals surface area contributed by atoms with Crippen LogP contribution in [0.5, 0.6) is 0 Å². The van der Waals surface area contributed by atoms with Crippen molar-refractivity contribution in [3.05, 3.63) is 162 Å². The lowest BCUT2D eigenvalue weighted by Crippen LogP contribution is -2.56. The number of hydrogen-bond acceptors (Lipinski definition) is 2. The Hall–Kier alpha value is -6.52. The molecule has 10 aromatic rings. The van der Waals surface area contributed by atoms with Crippen molar-refractivity contribution in [3.8, 4) is 22.3 Å². The van der Waals surface area contributed by atoms with E-state index in [0.717, 1.165) is 27.6 Å². The van der Waals surface area contributed by atoms with E-state index in [1.807, 2.05) is 0 Å². The fourth-order valence-electron chi connectivity index (χ4n) is 10.8. The van der Waals surface area contributed by atoms with Crippen LogP contribution in [0.2, 0.25) is 0 Å². The molecule has 0 N–H and O–H groups in total. The highest BCUT2D eigenvalue weighted by molar-refractivity contribution is 6.90. The first-order valence-electron chi connectivity index (χ1n) is 22.3. The van der Waals surface area contributed by atoms with Crippen LogP contribution in [0, 0.1) is 0 Å². The first-order chi connectivity index (χ1) is 29.7. The summed E-state index contributed by atoms with van der Waals surface area (Å²) in [5.41, 5.74) is 19.5. The van der Waals surface area contributed by atoms with Crippen LogP contribution in [0.25, 0.3) is 76.8 Å². The van der Waals surface area contributed by atoms with Crippen molar-refractivity contribution < 1.29 is 4.42 Å². The molecule has 12 rings (SSSR count). The highest BCUT2D eigenvalue weighted by Crippen LogP contribution is 2.53. The Bertz CT molecular complexity index is 3530. The Kier molecular flexibility index (Phi) is 7.54. The lowest BCUT2D eigenvalue weighted by atomic mass is 9.44. The van der Waals surface area contributed by atoms with E-state index in [2.05, 4.69) is 217 Å². The average molecular weight is 803 g/mol. The molecule has 0 amide bonds. The Balaban J connectivity index is 1.31. The van der Waals surface area contributed by atoms with Crippen LogP contribution >= 0.6 is 0 Å². The van der Waals surface area contributed by atoms with Gasteiger partial charge < -0.3 is 13.8 Å². The predicted octanol–water partition coefficient (Wildman–Crippen LogP) is 14.8. The van der Waals surface area contributed by atoms with Gasteiger partial charge in [-0.2, -0.15) is 0 Å². The number of para-hydroxylation sites is 1. The van der Waals surface area contributed by atoms with Crippen molar-refractivity contribution >= 4 is 89.4 Å². The SMILES string of the molecule is CC(C)(C)c1ccc(N2c3cc4ccccc4c4c3B(c3ccc5oc6ccccc6c5c32)n2c3ccc(C(C)(C)C)cc3c3cc(C(C)(C)C)cc-4c32)c(-c2ccccc2)c1. The topological polar surface area (TPSA) is 21.3 Å². The normalized spacial score (nSPS) is 13.8. The molecule has 8 aromatic carbocycles. The van der Waals surface area contributed by atoms with Gasteiger partial charge >= 0.3 is 6.85 Å². The van der Waals surface area contributed by atoms with Gasteiger partial charge in [0, 0.05) is 44.0 Å². The summed E-state index contributed by atoms with van der Waals surface area (Å²) in [5.74, 6) is 0. The van der Waals surface area contributed by atoms with E-state index in [1.54, 1.807) is 0 Å². The Labute approximate surface area is 364 Å². The summed E-state index contributed by atoms with van der Waals surface area (Å²) in [6, 6.07) is 55.3. The van der Waals surface area contributed by atoms with Crippen molar-refractivity contribution in [1.29, 1.82) is 0 Å². The molecule has 0 radical (unpaired) electrons. The molecule has 302 valence electrons. The number of fused-ring (bicyclic) bond motifs is 13. The fourth-order valence-corrected chi connectivity index (χ4v) is 10.8. The number of rotatable bonds is 2. The number of hydrogen-bond donors (Lipinski definition) is 0. The molecule has 0 unspecified atom stereocenters.